The monoisotopic (exact) mass is 277 g/mol. The molecule has 0 aliphatic rings. The molecule has 0 fully saturated rings. The van der Waals surface area contributed by atoms with E-state index in [4.69, 9.17) is 4.74 Å². The van der Waals surface area contributed by atoms with E-state index in [-0.39, 0.29) is 0 Å². The fraction of sp³-hybridized carbons (Fsp3) is 0.429. The molecule has 0 radical (unpaired) electrons. The predicted molar refractivity (Wildman–Crippen MR) is 77.7 cm³/mol. The minimum Gasteiger partial charge on any atom is -0.494 e. The molecule has 0 unspecified atom stereocenters. The van der Waals surface area contributed by atoms with E-state index >= 15 is 0 Å². The Balaban J connectivity index is 1.69. The molecule has 1 heterocycles. The Morgan fingerprint density at radius 3 is 2.74 bits per heavy atom. The minimum atomic E-state index is 0.732. The van der Waals surface area contributed by atoms with Gasteiger partial charge in [0.15, 0.2) is 5.16 Å². The number of nitrogens with zero attached hydrogens (tertiary/aromatic N) is 3. The van der Waals surface area contributed by atoms with Gasteiger partial charge in [-0.1, -0.05) is 30.0 Å². The average molecular weight is 277 g/mol. The number of para-hydroxylation sites is 1. The van der Waals surface area contributed by atoms with Crippen molar-refractivity contribution in [3.8, 4) is 5.75 Å². The maximum Gasteiger partial charge on any atom is 0.191 e. The Morgan fingerprint density at radius 1 is 1.21 bits per heavy atom. The first-order chi connectivity index (χ1) is 9.31. The second-order valence-electron chi connectivity index (χ2n) is 4.14. The van der Waals surface area contributed by atoms with Crippen LogP contribution in [0.1, 0.15) is 19.2 Å². The Kier molecular flexibility index (Phi) is 5.27. The van der Waals surface area contributed by atoms with Crippen LogP contribution in [0.15, 0.2) is 35.5 Å². The van der Waals surface area contributed by atoms with Gasteiger partial charge < -0.3 is 9.30 Å². The molecule has 0 aliphatic carbocycles. The molecular formula is C14H19N3OS. The zero-order chi connectivity index (χ0) is 13.5. The van der Waals surface area contributed by atoms with Crippen molar-refractivity contribution in [1.82, 2.24) is 14.8 Å². The molecule has 5 heteroatoms. The molecule has 0 spiro atoms. The summed E-state index contributed by atoms with van der Waals surface area (Å²) in [5.41, 5.74) is 0. The Morgan fingerprint density at radius 2 is 2.00 bits per heavy atom. The summed E-state index contributed by atoms with van der Waals surface area (Å²) in [6, 6.07) is 9.91. The third kappa shape index (κ3) is 3.99. The lowest BCUT2D eigenvalue weighted by Crippen LogP contribution is -2.01. The van der Waals surface area contributed by atoms with Gasteiger partial charge in [-0.05, 0) is 32.4 Å². The maximum absolute atomic E-state index is 5.65. The van der Waals surface area contributed by atoms with Crippen LogP contribution in [0.4, 0.5) is 0 Å². The van der Waals surface area contributed by atoms with Crippen LogP contribution in [-0.4, -0.2) is 27.1 Å². The lowest BCUT2D eigenvalue weighted by atomic mass is 10.3. The van der Waals surface area contributed by atoms with E-state index < -0.39 is 0 Å². The van der Waals surface area contributed by atoms with E-state index in [1.54, 1.807) is 11.8 Å². The Labute approximate surface area is 118 Å². The highest BCUT2D eigenvalue weighted by molar-refractivity contribution is 7.99. The molecule has 0 N–H and O–H groups in total. The summed E-state index contributed by atoms with van der Waals surface area (Å²) in [5.74, 6) is 2.90. The third-order valence-electron chi connectivity index (χ3n) is 2.75. The highest BCUT2D eigenvalue weighted by Gasteiger charge is 2.06. The first-order valence-corrected chi connectivity index (χ1v) is 7.50. The number of hydrogen-bond donors (Lipinski definition) is 0. The van der Waals surface area contributed by atoms with Gasteiger partial charge in [-0.25, -0.2) is 0 Å². The van der Waals surface area contributed by atoms with Crippen molar-refractivity contribution >= 4 is 11.8 Å². The van der Waals surface area contributed by atoms with E-state index in [0.29, 0.717) is 0 Å². The first-order valence-electron chi connectivity index (χ1n) is 6.51. The number of aryl methyl sites for hydroxylation is 1. The molecule has 0 atom stereocenters. The van der Waals surface area contributed by atoms with Crippen molar-refractivity contribution in [1.29, 1.82) is 0 Å². The molecule has 19 heavy (non-hydrogen) atoms. The Hall–Kier alpha value is -1.49. The van der Waals surface area contributed by atoms with Crippen LogP contribution in [0.5, 0.6) is 5.75 Å². The molecule has 2 aromatic rings. The van der Waals surface area contributed by atoms with Gasteiger partial charge in [0.1, 0.15) is 11.6 Å². The normalized spacial score (nSPS) is 10.6. The van der Waals surface area contributed by atoms with Crippen molar-refractivity contribution in [3.05, 3.63) is 36.2 Å². The van der Waals surface area contributed by atoms with Crippen molar-refractivity contribution in [2.45, 2.75) is 32.0 Å². The summed E-state index contributed by atoms with van der Waals surface area (Å²) in [6.45, 7) is 5.75. The van der Waals surface area contributed by atoms with E-state index in [0.717, 1.165) is 42.1 Å². The van der Waals surface area contributed by atoms with Crippen LogP contribution in [0.2, 0.25) is 0 Å². The van der Waals surface area contributed by atoms with Crippen LogP contribution in [0.25, 0.3) is 0 Å². The Bertz CT molecular complexity index is 499. The van der Waals surface area contributed by atoms with E-state index in [9.17, 15) is 0 Å². The number of benzene rings is 1. The lowest BCUT2D eigenvalue weighted by Gasteiger charge is -2.06. The highest BCUT2D eigenvalue weighted by atomic mass is 32.2. The summed E-state index contributed by atoms with van der Waals surface area (Å²) in [4.78, 5) is 0. The van der Waals surface area contributed by atoms with Crippen molar-refractivity contribution in [2.75, 3.05) is 12.4 Å². The largest absolute Gasteiger partial charge is 0.494 e. The zero-order valence-corrected chi connectivity index (χ0v) is 12.2. The fourth-order valence-corrected chi connectivity index (χ4v) is 2.72. The van der Waals surface area contributed by atoms with E-state index in [1.165, 1.54) is 0 Å². The number of aromatic nitrogens is 3. The molecule has 4 nitrogen and oxygen atoms in total. The third-order valence-corrected chi connectivity index (χ3v) is 3.80. The highest BCUT2D eigenvalue weighted by Crippen LogP contribution is 2.17. The lowest BCUT2D eigenvalue weighted by molar-refractivity contribution is 0.318. The van der Waals surface area contributed by atoms with Crippen LogP contribution >= 0.6 is 11.8 Å². The zero-order valence-electron chi connectivity index (χ0n) is 11.4. The van der Waals surface area contributed by atoms with Gasteiger partial charge in [0.05, 0.1) is 6.61 Å². The van der Waals surface area contributed by atoms with Gasteiger partial charge in [0.25, 0.3) is 0 Å². The first kappa shape index (κ1) is 13.9. The number of thioether (sulfide) groups is 1. The van der Waals surface area contributed by atoms with E-state index in [2.05, 4.69) is 21.7 Å². The number of ether oxygens (including phenoxy) is 1. The summed E-state index contributed by atoms with van der Waals surface area (Å²) in [7, 11) is 0. The fourth-order valence-electron chi connectivity index (χ4n) is 1.76. The van der Waals surface area contributed by atoms with E-state index in [1.807, 2.05) is 37.3 Å². The molecular weight excluding hydrogens is 258 g/mol. The van der Waals surface area contributed by atoms with Crippen molar-refractivity contribution < 1.29 is 4.74 Å². The molecule has 102 valence electrons. The molecule has 1 aromatic heterocycles. The summed E-state index contributed by atoms with van der Waals surface area (Å²) in [6.07, 6.45) is 0.995. The molecule has 0 bridgehead atoms. The van der Waals surface area contributed by atoms with Crippen LogP contribution in [0, 0.1) is 6.92 Å². The molecule has 0 saturated heterocycles. The summed E-state index contributed by atoms with van der Waals surface area (Å²) >= 11 is 1.74. The molecule has 1 aromatic carbocycles. The second-order valence-corrected chi connectivity index (χ2v) is 5.20. The standard InChI is InChI=1S/C14H19N3OS/c1-3-17-12(2)15-16-14(17)19-11-7-10-18-13-8-5-4-6-9-13/h4-6,8-9H,3,7,10-11H2,1-2H3. The smallest absolute Gasteiger partial charge is 0.191 e. The van der Waals surface area contributed by atoms with Gasteiger partial charge in [-0.2, -0.15) is 0 Å². The molecule has 0 aliphatic heterocycles. The van der Waals surface area contributed by atoms with Crippen molar-refractivity contribution in [2.24, 2.45) is 0 Å². The number of hydrogen-bond acceptors (Lipinski definition) is 4. The van der Waals surface area contributed by atoms with Gasteiger partial charge in [0, 0.05) is 12.3 Å². The van der Waals surface area contributed by atoms with Crippen LogP contribution in [0.3, 0.4) is 0 Å². The van der Waals surface area contributed by atoms with Crippen LogP contribution in [-0.2, 0) is 6.54 Å². The molecule has 0 saturated carbocycles. The predicted octanol–water partition coefficient (Wildman–Crippen LogP) is 3.17. The van der Waals surface area contributed by atoms with Gasteiger partial charge in [-0.15, -0.1) is 10.2 Å². The molecule has 0 amide bonds. The quantitative estimate of drug-likeness (QED) is 0.575. The average Bonchev–Trinajstić information content (AvgIpc) is 2.80. The summed E-state index contributed by atoms with van der Waals surface area (Å²) < 4.78 is 7.78. The van der Waals surface area contributed by atoms with Crippen LogP contribution < -0.4 is 4.74 Å². The van der Waals surface area contributed by atoms with Gasteiger partial charge in [-0.3, -0.25) is 0 Å². The molecule has 2 rings (SSSR count). The minimum absolute atomic E-state index is 0.732. The topological polar surface area (TPSA) is 39.9 Å². The second kappa shape index (κ2) is 7.19. The van der Waals surface area contributed by atoms with Gasteiger partial charge in [0.2, 0.25) is 0 Å². The number of rotatable bonds is 7. The summed E-state index contributed by atoms with van der Waals surface area (Å²) in [5, 5.41) is 9.27. The maximum atomic E-state index is 5.65. The van der Waals surface area contributed by atoms with Gasteiger partial charge >= 0.3 is 0 Å². The van der Waals surface area contributed by atoms with Crippen molar-refractivity contribution in [3.63, 3.8) is 0 Å². The SMILES string of the molecule is CCn1c(C)nnc1SCCCOc1ccccc1.